The van der Waals surface area contributed by atoms with Crippen LogP contribution in [0.3, 0.4) is 0 Å². The van der Waals surface area contributed by atoms with Gasteiger partial charge in [-0.05, 0) is 104 Å². The molecule has 3 aromatic carbocycles. The van der Waals surface area contributed by atoms with E-state index in [9.17, 15) is 8.78 Å². The number of rotatable bonds is 9. The standard InChI is InChI=1S/C32H35F3O/c1-3-5-6-7-22-8-10-24(11-9-22)27-17-16-26(21-29(27)33)23-12-14-25(15-13-23)28-18-19-30(36-20-4-2)32(35)31(28)34/h3,5,12-19,21-22,24H,4,6-11,20H2,1-2H3/b5-3+. The lowest BCUT2D eigenvalue weighted by molar-refractivity contribution is 0.295. The van der Waals surface area contributed by atoms with Crippen LogP contribution in [0.2, 0.25) is 0 Å². The van der Waals surface area contributed by atoms with Crippen LogP contribution >= 0.6 is 0 Å². The molecule has 4 heteroatoms. The number of ether oxygens (including phenoxy) is 1. The molecule has 0 bridgehead atoms. The average Bonchev–Trinajstić information content (AvgIpc) is 2.90. The summed E-state index contributed by atoms with van der Waals surface area (Å²) in [5, 5.41) is 0. The van der Waals surface area contributed by atoms with Crippen molar-refractivity contribution >= 4 is 0 Å². The van der Waals surface area contributed by atoms with Crippen LogP contribution < -0.4 is 4.74 Å². The fraction of sp³-hybridized carbons (Fsp3) is 0.375. The minimum absolute atomic E-state index is 0.0765. The molecule has 0 aliphatic heterocycles. The van der Waals surface area contributed by atoms with E-state index in [0.29, 0.717) is 18.6 Å². The molecule has 1 saturated carbocycles. The van der Waals surface area contributed by atoms with Gasteiger partial charge in [-0.15, -0.1) is 0 Å². The molecule has 4 rings (SSSR count). The average molecular weight is 493 g/mol. The predicted molar refractivity (Wildman–Crippen MR) is 142 cm³/mol. The van der Waals surface area contributed by atoms with Crippen LogP contribution in [0.4, 0.5) is 13.2 Å². The minimum atomic E-state index is -0.977. The van der Waals surface area contributed by atoms with Crippen molar-refractivity contribution < 1.29 is 17.9 Å². The van der Waals surface area contributed by atoms with Crippen molar-refractivity contribution in [2.45, 2.75) is 64.7 Å². The van der Waals surface area contributed by atoms with Crippen LogP contribution in [0.1, 0.15) is 70.3 Å². The van der Waals surface area contributed by atoms with E-state index in [1.165, 1.54) is 18.6 Å². The van der Waals surface area contributed by atoms with Gasteiger partial charge in [-0.25, -0.2) is 8.78 Å². The molecule has 36 heavy (non-hydrogen) atoms. The van der Waals surface area contributed by atoms with Crippen molar-refractivity contribution in [3.63, 3.8) is 0 Å². The van der Waals surface area contributed by atoms with Crippen LogP contribution in [0, 0.1) is 23.4 Å². The van der Waals surface area contributed by atoms with E-state index in [1.54, 1.807) is 18.2 Å². The third-order valence-corrected chi connectivity index (χ3v) is 7.30. The summed E-state index contributed by atoms with van der Waals surface area (Å²) in [5.41, 5.74) is 3.15. The van der Waals surface area contributed by atoms with E-state index in [1.807, 2.05) is 31.2 Å². The first kappa shape index (κ1) is 26.1. The van der Waals surface area contributed by atoms with Crippen molar-refractivity contribution in [1.29, 1.82) is 0 Å². The zero-order valence-corrected chi connectivity index (χ0v) is 21.2. The van der Waals surface area contributed by atoms with Gasteiger partial charge in [-0.3, -0.25) is 0 Å². The predicted octanol–water partition coefficient (Wildman–Crippen LogP) is 9.86. The normalized spacial score (nSPS) is 18.0. The number of hydrogen-bond acceptors (Lipinski definition) is 1. The molecule has 1 nitrogen and oxygen atoms in total. The molecule has 1 aliphatic carbocycles. The van der Waals surface area contributed by atoms with Crippen LogP contribution in [0.25, 0.3) is 22.3 Å². The Labute approximate surface area is 213 Å². The number of hydrogen-bond donors (Lipinski definition) is 0. The summed E-state index contributed by atoms with van der Waals surface area (Å²) < 4.78 is 49.5. The highest BCUT2D eigenvalue weighted by molar-refractivity contribution is 5.71. The maximum atomic E-state index is 15.1. The molecule has 0 heterocycles. The second kappa shape index (κ2) is 12.3. The Kier molecular flexibility index (Phi) is 8.90. The van der Waals surface area contributed by atoms with Gasteiger partial charge in [0.2, 0.25) is 5.82 Å². The van der Waals surface area contributed by atoms with Gasteiger partial charge in [0.25, 0.3) is 0 Å². The Bertz CT molecular complexity index is 1170. The molecule has 0 saturated heterocycles. The SMILES string of the molecule is C/C=C/CCC1CCC(c2ccc(-c3ccc(-c4ccc(OCCC)c(F)c4F)cc3)cc2F)CC1. The van der Waals surface area contributed by atoms with Crippen LogP contribution in [-0.4, -0.2) is 6.61 Å². The molecule has 3 aromatic rings. The third-order valence-electron chi connectivity index (χ3n) is 7.30. The summed E-state index contributed by atoms with van der Waals surface area (Å²) in [6, 6.07) is 15.6. The van der Waals surface area contributed by atoms with Gasteiger partial charge in [0, 0.05) is 5.56 Å². The van der Waals surface area contributed by atoms with Gasteiger partial charge in [0.1, 0.15) is 5.82 Å². The van der Waals surface area contributed by atoms with Crippen molar-refractivity contribution in [2.75, 3.05) is 6.61 Å². The quantitative estimate of drug-likeness (QED) is 0.270. The van der Waals surface area contributed by atoms with Crippen LogP contribution in [0.5, 0.6) is 5.75 Å². The monoisotopic (exact) mass is 492 g/mol. The second-order valence-corrected chi connectivity index (χ2v) is 9.77. The molecule has 0 radical (unpaired) electrons. The Hall–Kier alpha value is -3.01. The van der Waals surface area contributed by atoms with Crippen LogP contribution in [-0.2, 0) is 0 Å². The second-order valence-electron chi connectivity index (χ2n) is 9.77. The summed E-state index contributed by atoms with van der Waals surface area (Å²) >= 11 is 0. The molecule has 0 unspecified atom stereocenters. The van der Waals surface area contributed by atoms with E-state index < -0.39 is 11.6 Å². The maximum Gasteiger partial charge on any atom is 0.201 e. The number of allylic oxidation sites excluding steroid dienone is 2. The van der Waals surface area contributed by atoms with Crippen molar-refractivity contribution in [2.24, 2.45) is 5.92 Å². The molecule has 0 atom stereocenters. The zero-order valence-electron chi connectivity index (χ0n) is 21.2. The van der Waals surface area contributed by atoms with Gasteiger partial charge in [0.05, 0.1) is 6.61 Å². The largest absolute Gasteiger partial charge is 0.490 e. The third kappa shape index (κ3) is 6.03. The molecule has 190 valence electrons. The Morgan fingerprint density at radius 3 is 2.19 bits per heavy atom. The molecule has 0 spiro atoms. The van der Waals surface area contributed by atoms with Gasteiger partial charge < -0.3 is 4.74 Å². The van der Waals surface area contributed by atoms with E-state index in [0.717, 1.165) is 54.7 Å². The van der Waals surface area contributed by atoms with Gasteiger partial charge in [0.15, 0.2) is 11.6 Å². The summed E-state index contributed by atoms with van der Waals surface area (Å²) in [7, 11) is 0. The summed E-state index contributed by atoms with van der Waals surface area (Å²) in [6.45, 7) is 4.29. The molecule has 1 aliphatic rings. The van der Waals surface area contributed by atoms with Gasteiger partial charge >= 0.3 is 0 Å². The fourth-order valence-corrected chi connectivity index (χ4v) is 5.22. The molecule has 0 N–H and O–H groups in total. The lowest BCUT2D eigenvalue weighted by atomic mass is 9.77. The fourth-order valence-electron chi connectivity index (χ4n) is 5.22. The first-order valence-corrected chi connectivity index (χ1v) is 13.1. The van der Waals surface area contributed by atoms with Gasteiger partial charge in [-0.1, -0.05) is 55.5 Å². The van der Waals surface area contributed by atoms with E-state index >= 15 is 4.39 Å². The highest BCUT2D eigenvalue weighted by Gasteiger charge is 2.24. The van der Waals surface area contributed by atoms with Crippen molar-refractivity contribution in [1.82, 2.24) is 0 Å². The highest BCUT2D eigenvalue weighted by Crippen LogP contribution is 2.39. The Morgan fingerprint density at radius 1 is 0.833 bits per heavy atom. The summed E-state index contributed by atoms with van der Waals surface area (Å²) in [5.74, 6) is -1.12. The molecule has 1 fully saturated rings. The molecule has 0 aromatic heterocycles. The first-order valence-electron chi connectivity index (χ1n) is 13.1. The van der Waals surface area contributed by atoms with Crippen LogP contribution in [0.15, 0.2) is 66.7 Å². The lowest BCUT2D eigenvalue weighted by Crippen LogP contribution is -2.14. The lowest BCUT2D eigenvalue weighted by Gasteiger charge is -2.29. The highest BCUT2D eigenvalue weighted by atomic mass is 19.2. The number of halogens is 3. The summed E-state index contributed by atoms with van der Waals surface area (Å²) in [6.07, 6.45) is 11.8. The molecular formula is C32H35F3O. The van der Waals surface area contributed by atoms with E-state index in [4.69, 9.17) is 4.74 Å². The Morgan fingerprint density at radius 2 is 1.53 bits per heavy atom. The first-order chi connectivity index (χ1) is 17.5. The smallest absolute Gasteiger partial charge is 0.201 e. The number of benzene rings is 3. The topological polar surface area (TPSA) is 9.23 Å². The minimum Gasteiger partial charge on any atom is -0.490 e. The zero-order chi connectivity index (χ0) is 25.5. The Balaban J connectivity index is 1.44. The molecular weight excluding hydrogens is 457 g/mol. The van der Waals surface area contributed by atoms with Crippen molar-refractivity contribution in [3.05, 3.63) is 89.8 Å². The maximum absolute atomic E-state index is 15.1. The van der Waals surface area contributed by atoms with E-state index in [-0.39, 0.29) is 23.0 Å². The molecule has 0 amide bonds. The summed E-state index contributed by atoms with van der Waals surface area (Å²) in [4.78, 5) is 0. The van der Waals surface area contributed by atoms with Crippen molar-refractivity contribution in [3.8, 4) is 28.0 Å². The van der Waals surface area contributed by atoms with Gasteiger partial charge in [-0.2, -0.15) is 4.39 Å². The van der Waals surface area contributed by atoms with E-state index in [2.05, 4.69) is 19.1 Å².